The smallest absolute Gasteiger partial charge is 0.0313 e. The molecular weight excluding hydrogens is 340 g/mol. The van der Waals surface area contributed by atoms with Crippen LogP contribution in [-0.2, 0) is 0 Å². The molecule has 0 aromatic heterocycles. The molecule has 3 heteroatoms. The highest BCUT2D eigenvalue weighted by molar-refractivity contribution is 14.0. The summed E-state index contributed by atoms with van der Waals surface area (Å²) >= 11 is 0. The van der Waals surface area contributed by atoms with E-state index in [1.807, 2.05) is 30.3 Å². The summed E-state index contributed by atoms with van der Waals surface area (Å²) in [7, 11) is 0. The maximum Gasteiger partial charge on any atom is 0.0313 e. The second-order valence-corrected chi connectivity index (χ2v) is 1.41. The molecule has 0 unspecified atom stereocenters. The summed E-state index contributed by atoms with van der Waals surface area (Å²) in [5.74, 6) is 0. The summed E-state index contributed by atoms with van der Waals surface area (Å²) < 4.78 is 0. The van der Waals surface area contributed by atoms with Gasteiger partial charge in [0.2, 0.25) is 0 Å². The Bertz CT molecular complexity index is 141. The standard InChI is InChI=1S/C6H7N.2HI/c7-6-4-2-1-3-5-6;;/h1-5H,7H2;2*1H. The lowest BCUT2D eigenvalue weighted by Gasteiger charge is -1.83. The van der Waals surface area contributed by atoms with Crippen molar-refractivity contribution in [2.24, 2.45) is 0 Å². The summed E-state index contributed by atoms with van der Waals surface area (Å²) in [6.45, 7) is 0. The number of halogens is 2. The van der Waals surface area contributed by atoms with E-state index in [1.54, 1.807) is 0 Å². The topological polar surface area (TPSA) is 26.0 Å². The van der Waals surface area contributed by atoms with Gasteiger partial charge in [-0.1, -0.05) is 18.2 Å². The first-order chi connectivity index (χ1) is 3.39. The number of para-hydroxylation sites is 1. The predicted molar refractivity (Wildman–Crippen MR) is 61.7 cm³/mol. The van der Waals surface area contributed by atoms with E-state index in [9.17, 15) is 0 Å². The molecule has 0 amide bonds. The number of benzene rings is 1. The van der Waals surface area contributed by atoms with Crippen LogP contribution < -0.4 is 5.73 Å². The van der Waals surface area contributed by atoms with E-state index in [0.717, 1.165) is 5.69 Å². The van der Waals surface area contributed by atoms with Crippen molar-refractivity contribution in [3.05, 3.63) is 30.3 Å². The van der Waals surface area contributed by atoms with Gasteiger partial charge in [0, 0.05) is 5.69 Å². The quantitative estimate of drug-likeness (QED) is 0.566. The first-order valence-corrected chi connectivity index (χ1v) is 2.20. The van der Waals surface area contributed by atoms with Crippen LogP contribution >= 0.6 is 48.0 Å². The molecule has 1 aromatic rings. The third-order valence-electron chi connectivity index (χ3n) is 0.800. The van der Waals surface area contributed by atoms with Crippen LogP contribution in [0.4, 0.5) is 5.69 Å². The molecule has 52 valence electrons. The molecule has 0 saturated heterocycles. The van der Waals surface area contributed by atoms with Crippen molar-refractivity contribution >= 4 is 53.6 Å². The number of hydrogen-bond donors (Lipinski definition) is 1. The lowest BCUT2D eigenvalue weighted by Crippen LogP contribution is -1.79. The van der Waals surface area contributed by atoms with Gasteiger partial charge in [-0.2, -0.15) is 0 Å². The van der Waals surface area contributed by atoms with Crippen molar-refractivity contribution in [1.29, 1.82) is 0 Å². The van der Waals surface area contributed by atoms with E-state index >= 15 is 0 Å². The van der Waals surface area contributed by atoms with E-state index < -0.39 is 0 Å². The zero-order chi connectivity index (χ0) is 5.11. The maximum atomic E-state index is 5.36. The van der Waals surface area contributed by atoms with Gasteiger partial charge in [0.05, 0.1) is 0 Å². The SMILES string of the molecule is I.I.Nc1ccccc1. The summed E-state index contributed by atoms with van der Waals surface area (Å²) in [6, 6.07) is 9.49. The first-order valence-electron chi connectivity index (χ1n) is 2.20. The molecule has 0 spiro atoms. The second kappa shape index (κ2) is 6.60. The molecular formula is C6H9I2N. The Morgan fingerprint density at radius 2 is 1.33 bits per heavy atom. The minimum absolute atomic E-state index is 0. The van der Waals surface area contributed by atoms with Gasteiger partial charge < -0.3 is 5.73 Å². The van der Waals surface area contributed by atoms with E-state index in [2.05, 4.69) is 0 Å². The van der Waals surface area contributed by atoms with Crippen LogP contribution in [0.15, 0.2) is 30.3 Å². The molecule has 9 heavy (non-hydrogen) atoms. The van der Waals surface area contributed by atoms with Gasteiger partial charge in [0.1, 0.15) is 0 Å². The van der Waals surface area contributed by atoms with Crippen LogP contribution in [0.5, 0.6) is 0 Å². The van der Waals surface area contributed by atoms with Crippen LogP contribution in [0.2, 0.25) is 0 Å². The largest absolute Gasteiger partial charge is 0.399 e. The van der Waals surface area contributed by atoms with Gasteiger partial charge in [0.15, 0.2) is 0 Å². The fraction of sp³-hybridized carbons (Fsp3) is 0. The minimum Gasteiger partial charge on any atom is -0.399 e. The van der Waals surface area contributed by atoms with Crippen molar-refractivity contribution in [1.82, 2.24) is 0 Å². The molecule has 0 heterocycles. The predicted octanol–water partition coefficient (Wildman–Crippen LogP) is 2.50. The van der Waals surface area contributed by atoms with Gasteiger partial charge in [-0.15, -0.1) is 48.0 Å². The molecule has 0 aliphatic carbocycles. The Kier molecular flexibility index (Phi) is 8.93. The van der Waals surface area contributed by atoms with Crippen molar-refractivity contribution in [3.63, 3.8) is 0 Å². The second-order valence-electron chi connectivity index (χ2n) is 1.41. The van der Waals surface area contributed by atoms with Crippen LogP contribution in [0.1, 0.15) is 0 Å². The number of hydrogen-bond acceptors (Lipinski definition) is 1. The Labute approximate surface area is 89.1 Å². The van der Waals surface area contributed by atoms with Crippen LogP contribution in [0, 0.1) is 0 Å². The fourth-order valence-corrected chi connectivity index (χ4v) is 0.453. The molecule has 0 aliphatic heterocycles. The molecule has 0 aliphatic rings. The molecule has 1 aromatic carbocycles. The highest BCUT2D eigenvalue weighted by Gasteiger charge is 1.72. The van der Waals surface area contributed by atoms with Gasteiger partial charge >= 0.3 is 0 Å². The van der Waals surface area contributed by atoms with E-state index in [4.69, 9.17) is 5.73 Å². The Hall–Kier alpha value is 0.480. The number of rotatable bonds is 0. The highest BCUT2D eigenvalue weighted by atomic mass is 127. The van der Waals surface area contributed by atoms with Gasteiger partial charge in [-0.25, -0.2) is 0 Å². The first kappa shape index (κ1) is 12.2. The highest BCUT2D eigenvalue weighted by Crippen LogP contribution is 1.95. The fourth-order valence-electron chi connectivity index (χ4n) is 0.453. The summed E-state index contributed by atoms with van der Waals surface area (Å²) in [6.07, 6.45) is 0. The molecule has 0 bridgehead atoms. The van der Waals surface area contributed by atoms with Crippen molar-refractivity contribution < 1.29 is 0 Å². The number of anilines is 1. The van der Waals surface area contributed by atoms with Gasteiger partial charge in [0.25, 0.3) is 0 Å². The Morgan fingerprint density at radius 1 is 0.889 bits per heavy atom. The molecule has 0 fully saturated rings. The molecule has 0 saturated carbocycles. The van der Waals surface area contributed by atoms with E-state index in [-0.39, 0.29) is 48.0 Å². The zero-order valence-corrected chi connectivity index (χ0v) is 9.44. The van der Waals surface area contributed by atoms with Crippen molar-refractivity contribution in [3.8, 4) is 0 Å². The summed E-state index contributed by atoms with van der Waals surface area (Å²) in [4.78, 5) is 0. The number of nitrogen functional groups attached to an aromatic ring is 1. The molecule has 0 radical (unpaired) electrons. The Morgan fingerprint density at radius 3 is 1.56 bits per heavy atom. The van der Waals surface area contributed by atoms with Crippen LogP contribution in [-0.4, -0.2) is 0 Å². The number of nitrogens with two attached hydrogens (primary N) is 1. The van der Waals surface area contributed by atoms with Crippen LogP contribution in [0.3, 0.4) is 0 Å². The zero-order valence-electron chi connectivity index (χ0n) is 4.78. The molecule has 0 atom stereocenters. The third-order valence-corrected chi connectivity index (χ3v) is 0.800. The molecule has 1 nitrogen and oxygen atoms in total. The average molecular weight is 349 g/mol. The normalized spacial score (nSPS) is 6.67. The lowest BCUT2D eigenvalue weighted by molar-refractivity contribution is 1.69. The maximum absolute atomic E-state index is 5.36. The van der Waals surface area contributed by atoms with Crippen molar-refractivity contribution in [2.75, 3.05) is 5.73 Å². The Balaban J connectivity index is 0. The molecule has 2 N–H and O–H groups in total. The van der Waals surface area contributed by atoms with Gasteiger partial charge in [-0.05, 0) is 12.1 Å². The molecule has 1 rings (SSSR count). The van der Waals surface area contributed by atoms with Crippen LogP contribution in [0.25, 0.3) is 0 Å². The average Bonchev–Trinajstić information content (AvgIpc) is 1.69. The summed E-state index contributed by atoms with van der Waals surface area (Å²) in [5.41, 5.74) is 6.18. The van der Waals surface area contributed by atoms with E-state index in [0.29, 0.717) is 0 Å². The monoisotopic (exact) mass is 349 g/mol. The van der Waals surface area contributed by atoms with E-state index in [1.165, 1.54) is 0 Å². The van der Waals surface area contributed by atoms with Gasteiger partial charge in [-0.3, -0.25) is 0 Å². The van der Waals surface area contributed by atoms with Crippen molar-refractivity contribution in [2.45, 2.75) is 0 Å². The lowest BCUT2D eigenvalue weighted by atomic mass is 10.3. The minimum atomic E-state index is 0. The third kappa shape index (κ3) is 4.95. The summed E-state index contributed by atoms with van der Waals surface area (Å²) in [5, 5.41) is 0.